The molecule has 2 aliphatic heterocycles. The third-order valence-electron chi connectivity index (χ3n) is 5.60. The van der Waals surface area contributed by atoms with Crippen LogP contribution < -0.4 is 5.73 Å². The Labute approximate surface area is 116 Å². The molecule has 0 aromatic carbocycles. The van der Waals surface area contributed by atoms with E-state index in [0.717, 1.165) is 18.9 Å². The largest absolute Gasteiger partial charge is 0.329 e. The van der Waals surface area contributed by atoms with E-state index in [0.29, 0.717) is 24.1 Å². The summed E-state index contributed by atoms with van der Waals surface area (Å²) in [6.45, 7) is 1.54. The van der Waals surface area contributed by atoms with E-state index in [2.05, 4.69) is 4.90 Å². The van der Waals surface area contributed by atoms with Crippen molar-refractivity contribution in [1.82, 2.24) is 4.90 Å². The molecule has 0 aromatic heterocycles. The molecule has 1 aliphatic carbocycles. The van der Waals surface area contributed by atoms with Gasteiger partial charge in [0.1, 0.15) is 0 Å². The van der Waals surface area contributed by atoms with Crippen molar-refractivity contribution in [2.24, 2.45) is 11.7 Å². The topological polar surface area (TPSA) is 63.4 Å². The van der Waals surface area contributed by atoms with Crippen LogP contribution in [0.4, 0.5) is 0 Å². The first-order valence-electron chi connectivity index (χ1n) is 7.74. The summed E-state index contributed by atoms with van der Waals surface area (Å²) in [5, 5.41) is 0. The zero-order chi connectivity index (χ0) is 13.5. The fourth-order valence-corrected chi connectivity index (χ4v) is 6.70. The van der Waals surface area contributed by atoms with E-state index < -0.39 is 9.84 Å². The molecule has 2 heterocycles. The van der Waals surface area contributed by atoms with Gasteiger partial charge in [0.05, 0.1) is 11.5 Å². The summed E-state index contributed by atoms with van der Waals surface area (Å²) >= 11 is 0. The van der Waals surface area contributed by atoms with E-state index in [1.54, 1.807) is 0 Å². The van der Waals surface area contributed by atoms with Crippen molar-refractivity contribution in [2.75, 3.05) is 24.6 Å². The van der Waals surface area contributed by atoms with E-state index in [1.165, 1.54) is 38.5 Å². The molecule has 3 aliphatic rings. The van der Waals surface area contributed by atoms with E-state index in [9.17, 15) is 8.42 Å². The van der Waals surface area contributed by atoms with Crippen LogP contribution in [0.5, 0.6) is 0 Å². The van der Waals surface area contributed by atoms with Gasteiger partial charge in [-0.25, -0.2) is 8.42 Å². The smallest absolute Gasteiger partial charge is 0.152 e. The highest BCUT2D eigenvalue weighted by atomic mass is 32.2. The van der Waals surface area contributed by atoms with Crippen LogP contribution in [-0.4, -0.2) is 49.5 Å². The molecule has 2 saturated heterocycles. The lowest BCUT2D eigenvalue weighted by Gasteiger charge is -2.52. The van der Waals surface area contributed by atoms with Gasteiger partial charge in [0.2, 0.25) is 0 Å². The lowest BCUT2D eigenvalue weighted by atomic mass is 9.76. The van der Waals surface area contributed by atoms with Gasteiger partial charge in [-0.05, 0) is 44.6 Å². The molecule has 0 aromatic rings. The SMILES string of the molecule is NCC1(N2CCC[C@H]3CCCC[C@H]32)CCS(=O)(=O)C1. The maximum absolute atomic E-state index is 11.9. The third kappa shape index (κ3) is 2.45. The molecule has 3 fully saturated rings. The van der Waals surface area contributed by atoms with Gasteiger partial charge in [-0.3, -0.25) is 4.90 Å². The second-order valence-corrected chi connectivity index (χ2v) is 8.90. The summed E-state index contributed by atoms with van der Waals surface area (Å²) in [6, 6.07) is 0.597. The van der Waals surface area contributed by atoms with Gasteiger partial charge >= 0.3 is 0 Å². The van der Waals surface area contributed by atoms with E-state index in [1.807, 2.05) is 0 Å². The molecule has 0 bridgehead atoms. The first kappa shape index (κ1) is 13.8. The van der Waals surface area contributed by atoms with Gasteiger partial charge in [-0.1, -0.05) is 12.8 Å². The van der Waals surface area contributed by atoms with Crippen molar-refractivity contribution < 1.29 is 8.42 Å². The van der Waals surface area contributed by atoms with Crippen LogP contribution in [-0.2, 0) is 9.84 Å². The molecule has 3 atom stereocenters. The van der Waals surface area contributed by atoms with Crippen molar-refractivity contribution >= 4 is 9.84 Å². The number of nitrogens with zero attached hydrogens (tertiary/aromatic N) is 1. The molecule has 0 spiro atoms. The summed E-state index contributed by atoms with van der Waals surface area (Å²) < 4.78 is 23.9. The van der Waals surface area contributed by atoms with Crippen LogP contribution >= 0.6 is 0 Å². The Morgan fingerprint density at radius 2 is 1.89 bits per heavy atom. The van der Waals surface area contributed by atoms with Crippen molar-refractivity contribution in [3.05, 3.63) is 0 Å². The third-order valence-corrected chi connectivity index (χ3v) is 7.40. The molecule has 0 amide bonds. The van der Waals surface area contributed by atoms with Crippen molar-refractivity contribution in [1.29, 1.82) is 0 Å². The first-order chi connectivity index (χ1) is 9.06. The number of nitrogens with two attached hydrogens (primary N) is 1. The molecule has 2 N–H and O–H groups in total. The first-order valence-corrected chi connectivity index (χ1v) is 9.56. The van der Waals surface area contributed by atoms with Gasteiger partial charge in [-0.2, -0.15) is 0 Å². The van der Waals surface area contributed by atoms with Gasteiger partial charge in [-0.15, -0.1) is 0 Å². The normalized spacial score (nSPS) is 43.0. The van der Waals surface area contributed by atoms with Gasteiger partial charge in [0.25, 0.3) is 0 Å². The fraction of sp³-hybridized carbons (Fsp3) is 1.00. The predicted octanol–water partition coefficient (Wildman–Crippen LogP) is 1.16. The van der Waals surface area contributed by atoms with Crippen LogP contribution in [0.15, 0.2) is 0 Å². The van der Waals surface area contributed by atoms with Crippen molar-refractivity contribution in [3.63, 3.8) is 0 Å². The summed E-state index contributed by atoms with van der Waals surface area (Å²) in [6.07, 6.45) is 8.50. The van der Waals surface area contributed by atoms with E-state index >= 15 is 0 Å². The highest BCUT2D eigenvalue weighted by Crippen LogP contribution is 2.41. The maximum Gasteiger partial charge on any atom is 0.152 e. The summed E-state index contributed by atoms with van der Waals surface area (Å²) in [5.41, 5.74) is 5.79. The predicted molar refractivity (Wildman–Crippen MR) is 76.7 cm³/mol. The quantitative estimate of drug-likeness (QED) is 0.827. The minimum Gasteiger partial charge on any atom is -0.329 e. The van der Waals surface area contributed by atoms with Crippen molar-refractivity contribution in [2.45, 2.75) is 56.5 Å². The molecule has 0 radical (unpaired) electrons. The molecule has 1 saturated carbocycles. The highest BCUT2D eigenvalue weighted by Gasteiger charge is 2.50. The molecule has 5 heteroatoms. The Balaban J connectivity index is 1.86. The van der Waals surface area contributed by atoms with Crippen LogP contribution in [0.2, 0.25) is 0 Å². The molecule has 1 unspecified atom stereocenters. The number of fused-ring (bicyclic) bond motifs is 1. The van der Waals surface area contributed by atoms with Crippen LogP contribution in [0, 0.1) is 5.92 Å². The Kier molecular flexibility index (Phi) is 3.65. The van der Waals surface area contributed by atoms with Crippen molar-refractivity contribution in [3.8, 4) is 0 Å². The molecule has 4 nitrogen and oxygen atoms in total. The standard InChI is InChI=1S/C14H26N2O2S/c15-10-14(7-9-19(17,18)11-14)16-8-3-5-12-4-1-2-6-13(12)16/h12-13H,1-11,15H2/t12-,13-,14?/m1/s1. The second-order valence-electron chi connectivity index (χ2n) is 6.72. The number of sulfone groups is 1. The minimum atomic E-state index is -2.87. The van der Waals surface area contributed by atoms with Crippen LogP contribution in [0.1, 0.15) is 44.9 Å². The average molecular weight is 286 g/mol. The number of likely N-dealkylation sites (tertiary alicyclic amines) is 1. The summed E-state index contributed by atoms with van der Waals surface area (Å²) in [5.74, 6) is 1.41. The monoisotopic (exact) mass is 286 g/mol. The summed E-state index contributed by atoms with van der Waals surface area (Å²) in [4.78, 5) is 2.52. The van der Waals surface area contributed by atoms with Crippen LogP contribution in [0.3, 0.4) is 0 Å². The van der Waals surface area contributed by atoms with Gasteiger partial charge < -0.3 is 5.73 Å². The fourth-order valence-electron chi connectivity index (χ4n) is 4.62. The minimum absolute atomic E-state index is 0.250. The average Bonchev–Trinajstić information content (AvgIpc) is 2.75. The Morgan fingerprint density at radius 1 is 1.16 bits per heavy atom. The van der Waals surface area contributed by atoms with E-state index in [-0.39, 0.29) is 5.54 Å². The maximum atomic E-state index is 11.9. The molecular formula is C14H26N2O2S. The van der Waals surface area contributed by atoms with Crippen LogP contribution in [0.25, 0.3) is 0 Å². The number of rotatable bonds is 2. The van der Waals surface area contributed by atoms with Gasteiger partial charge in [0, 0.05) is 18.1 Å². The van der Waals surface area contributed by atoms with Gasteiger partial charge in [0.15, 0.2) is 9.84 Å². The number of hydrogen-bond acceptors (Lipinski definition) is 4. The lowest BCUT2D eigenvalue weighted by molar-refractivity contribution is -0.0139. The molecule has 110 valence electrons. The molecule has 3 rings (SSSR count). The Morgan fingerprint density at radius 3 is 2.58 bits per heavy atom. The molecular weight excluding hydrogens is 260 g/mol. The molecule has 19 heavy (non-hydrogen) atoms. The van der Waals surface area contributed by atoms with E-state index in [4.69, 9.17) is 5.73 Å². The number of piperidine rings is 1. The summed E-state index contributed by atoms with van der Waals surface area (Å²) in [7, 11) is -2.87. The zero-order valence-electron chi connectivity index (χ0n) is 11.7. The Hall–Kier alpha value is -0.130. The lowest BCUT2D eigenvalue weighted by Crippen LogP contribution is -2.62. The number of hydrogen-bond donors (Lipinski definition) is 1. The second kappa shape index (κ2) is 5.01. The highest BCUT2D eigenvalue weighted by molar-refractivity contribution is 7.91. The Bertz CT molecular complexity index is 435. The zero-order valence-corrected chi connectivity index (χ0v) is 12.5.